The van der Waals surface area contributed by atoms with Crippen LogP contribution in [0.15, 0.2) is 39.5 Å². The van der Waals surface area contributed by atoms with Crippen molar-refractivity contribution in [2.24, 2.45) is 0 Å². The lowest BCUT2D eigenvalue weighted by Gasteiger charge is -2.00. The van der Waals surface area contributed by atoms with E-state index in [0.29, 0.717) is 28.2 Å². The molecule has 27 heavy (non-hydrogen) atoms. The van der Waals surface area contributed by atoms with Gasteiger partial charge in [-0.15, -0.1) is 0 Å². The molecular weight excluding hydrogens is 442 g/mol. The molecule has 0 fully saturated rings. The lowest BCUT2D eigenvalue weighted by Crippen LogP contribution is -2.07. The van der Waals surface area contributed by atoms with Gasteiger partial charge in [-0.2, -0.15) is 9.78 Å². The highest BCUT2D eigenvalue weighted by atomic mass is 79.9. The molecule has 0 saturated carbocycles. The molecular formula is C16H13BrClN5O4. The number of furan rings is 1. The monoisotopic (exact) mass is 453 g/mol. The molecule has 0 bridgehead atoms. The Morgan fingerprint density at radius 3 is 2.93 bits per heavy atom. The van der Waals surface area contributed by atoms with Crippen LogP contribution in [-0.2, 0) is 13.1 Å². The van der Waals surface area contributed by atoms with Crippen LogP contribution in [0.25, 0.3) is 6.08 Å². The average molecular weight is 455 g/mol. The van der Waals surface area contributed by atoms with Gasteiger partial charge in [-0.05, 0) is 52.1 Å². The number of halogens is 2. The van der Waals surface area contributed by atoms with Crippen LogP contribution in [0.3, 0.4) is 0 Å². The van der Waals surface area contributed by atoms with E-state index in [0.717, 1.165) is 0 Å². The molecule has 0 spiro atoms. The summed E-state index contributed by atoms with van der Waals surface area (Å²) in [6.07, 6.45) is 5.87. The minimum Gasteiger partial charge on any atom is -0.460 e. The van der Waals surface area contributed by atoms with Gasteiger partial charge in [-0.25, -0.2) is 0 Å². The van der Waals surface area contributed by atoms with E-state index in [9.17, 15) is 14.9 Å². The summed E-state index contributed by atoms with van der Waals surface area (Å²) in [5, 5.41) is 18.6. The van der Waals surface area contributed by atoms with Gasteiger partial charge in [0.2, 0.25) is 5.78 Å². The summed E-state index contributed by atoms with van der Waals surface area (Å²) in [6.45, 7) is 2.64. The number of aromatic nitrogens is 4. The first-order valence-electron chi connectivity index (χ1n) is 7.78. The molecule has 0 aliphatic heterocycles. The van der Waals surface area contributed by atoms with Crippen molar-refractivity contribution >= 4 is 45.2 Å². The van der Waals surface area contributed by atoms with Gasteiger partial charge in [0.25, 0.3) is 0 Å². The first-order valence-corrected chi connectivity index (χ1v) is 8.96. The quantitative estimate of drug-likeness (QED) is 0.231. The Kier molecular flexibility index (Phi) is 5.57. The van der Waals surface area contributed by atoms with Crippen molar-refractivity contribution in [3.05, 3.63) is 67.4 Å². The van der Waals surface area contributed by atoms with E-state index in [1.807, 2.05) is 6.92 Å². The van der Waals surface area contributed by atoms with Crippen LogP contribution in [0.5, 0.6) is 0 Å². The van der Waals surface area contributed by atoms with Gasteiger partial charge in [-0.1, -0.05) is 11.6 Å². The highest BCUT2D eigenvalue weighted by Crippen LogP contribution is 2.22. The van der Waals surface area contributed by atoms with E-state index < -0.39 is 10.7 Å². The second-order valence-electron chi connectivity index (χ2n) is 5.41. The number of nitro groups is 1. The summed E-state index contributed by atoms with van der Waals surface area (Å²) >= 11 is 9.08. The third-order valence-electron chi connectivity index (χ3n) is 3.60. The van der Waals surface area contributed by atoms with Crippen molar-refractivity contribution in [1.82, 2.24) is 19.6 Å². The Labute approximate surface area is 166 Å². The Balaban J connectivity index is 1.71. The number of allylic oxidation sites excluding steroid dienone is 1. The smallest absolute Gasteiger partial charge is 0.408 e. The van der Waals surface area contributed by atoms with Crippen LogP contribution in [0.4, 0.5) is 5.82 Å². The maximum atomic E-state index is 12.4. The second-order valence-corrected chi connectivity index (χ2v) is 6.68. The molecule has 0 aliphatic carbocycles. The maximum absolute atomic E-state index is 12.4. The highest BCUT2D eigenvalue weighted by molar-refractivity contribution is 9.10. The van der Waals surface area contributed by atoms with Crippen molar-refractivity contribution in [2.75, 3.05) is 0 Å². The number of hydrogen-bond donors (Lipinski definition) is 0. The summed E-state index contributed by atoms with van der Waals surface area (Å²) in [4.78, 5) is 22.5. The molecule has 0 aliphatic rings. The number of rotatable bonds is 7. The largest absolute Gasteiger partial charge is 0.460 e. The third-order valence-corrected chi connectivity index (χ3v) is 4.45. The van der Waals surface area contributed by atoms with E-state index in [4.69, 9.17) is 16.0 Å². The number of carbonyl (C=O) groups excluding carboxylic acids is 1. The Morgan fingerprint density at radius 2 is 2.26 bits per heavy atom. The molecule has 0 unspecified atom stereocenters. The molecule has 9 nitrogen and oxygen atoms in total. The zero-order valence-electron chi connectivity index (χ0n) is 14.0. The van der Waals surface area contributed by atoms with Crippen molar-refractivity contribution in [1.29, 1.82) is 0 Å². The van der Waals surface area contributed by atoms with E-state index >= 15 is 0 Å². The topological polar surface area (TPSA) is 109 Å². The normalized spacial score (nSPS) is 11.4. The predicted molar refractivity (Wildman–Crippen MR) is 101 cm³/mol. The number of hydrogen-bond acceptors (Lipinski definition) is 6. The Morgan fingerprint density at radius 1 is 1.48 bits per heavy atom. The van der Waals surface area contributed by atoms with Gasteiger partial charge in [-0.3, -0.25) is 9.48 Å². The summed E-state index contributed by atoms with van der Waals surface area (Å²) in [5.74, 6) is 0.349. The van der Waals surface area contributed by atoms with E-state index in [-0.39, 0.29) is 17.4 Å². The molecule has 3 aromatic rings. The van der Waals surface area contributed by atoms with Crippen molar-refractivity contribution in [3.8, 4) is 0 Å². The van der Waals surface area contributed by atoms with Gasteiger partial charge in [0.15, 0.2) is 5.02 Å². The molecule has 0 atom stereocenters. The molecule has 3 aromatic heterocycles. The van der Waals surface area contributed by atoms with Crippen LogP contribution >= 0.6 is 27.5 Å². The number of nitrogens with zero attached hydrogens (tertiary/aromatic N) is 5. The van der Waals surface area contributed by atoms with Crippen LogP contribution < -0.4 is 0 Å². The number of aryl methyl sites for hydroxylation is 1. The van der Waals surface area contributed by atoms with Crippen molar-refractivity contribution in [3.63, 3.8) is 0 Å². The fourth-order valence-electron chi connectivity index (χ4n) is 2.40. The summed E-state index contributed by atoms with van der Waals surface area (Å²) in [7, 11) is 0. The molecule has 11 heteroatoms. The SMILES string of the molecule is CCn1ncc(Br)c1C(=O)/C=C/c1ccc(Cn2cc(Cl)c([N+](=O)[O-])n2)o1. The van der Waals surface area contributed by atoms with E-state index in [1.54, 1.807) is 29.1 Å². The third kappa shape index (κ3) is 4.17. The summed E-state index contributed by atoms with van der Waals surface area (Å²) in [5.41, 5.74) is 0.457. The van der Waals surface area contributed by atoms with E-state index in [2.05, 4.69) is 26.1 Å². The van der Waals surface area contributed by atoms with Gasteiger partial charge < -0.3 is 14.5 Å². The molecule has 0 radical (unpaired) electrons. The average Bonchev–Trinajstić information content (AvgIpc) is 3.32. The molecule has 3 rings (SSSR count). The predicted octanol–water partition coefficient (Wildman–Crippen LogP) is 3.96. The lowest BCUT2D eigenvalue weighted by atomic mass is 10.2. The van der Waals surface area contributed by atoms with Crippen LogP contribution in [0.2, 0.25) is 5.02 Å². The second kappa shape index (κ2) is 7.89. The molecule has 0 saturated heterocycles. The van der Waals surface area contributed by atoms with Gasteiger partial charge in [0.05, 0.1) is 22.0 Å². The fraction of sp³-hybridized carbons (Fsp3) is 0.188. The fourth-order valence-corrected chi connectivity index (χ4v) is 3.12. The lowest BCUT2D eigenvalue weighted by molar-refractivity contribution is -0.389. The summed E-state index contributed by atoms with van der Waals surface area (Å²) < 4.78 is 9.14. The van der Waals surface area contributed by atoms with Gasteiger partial charge in [0, 0.05) is 6.54 Å². The van der Waals surface area contributed by atoms with Crippen LogP contribution in [0, 0.1) is 10.1 Å². The molecule has 0 amide bonds. The molecule has 0 N–H and O–H groups in total. The number of carbonyl (C=O) groups is 1. The van der Waals surface area contributed by atoms with Crippen LogP contribution in [-0.4, -0.2) is 30.3 Å². The van der Waals surface area contributed by atoms with Gasteiger partial charge in [0.1, 0.15) is 23.8 Å². The van der Waals surface area contributed by atoms with Gasteiger partial charge >= 0.3 is 5.82 Å². The zero-order chi connectivity index (χ0) is 19.6. The van der Waals surface area contributed by atoms with E-state index in [1.165, 1.54) is 17.0 Å². The first-order chi connectivity index (χ1) is 12.9. The molecule has 140 valence electrons. The Bertz CT molecular complexity index is 1040. The highest BCUT2D eigenvalue weighted by Gasteiger charge is 2.19. The Hall–Kier alpha value is -2.72. The summed E-state index contributed by atoms with van der Waals surface area (Å²) in [6, 6.07) is 3.38. The maximum Gasteiger partial charge on any atom is 0.408 e. The minimum absolute atomic E-state index is 0.0459. The zero-order valence-corrected chi connectivity index (χ0v) is 16.3. The number of ketones is 1. The molecule has 0 aromatic carbocycles. The van der Waals surface area contributed by atoms with Crippen molar-refractivity contribution in [2.45, 2.75) is 20.0 Å². The first kappa shape index (κ1) is 19.1. The standard InChI is InChI=1S/C16H13BrClN5O4/c1-2-22-15(12(17)7-19-22)14(24)6-5-10-3-4-11(27-10)8-21-9-13(18)16(20-21)23(25)26/h3-7,9H,2,8H2,1H3/b6-5+. The van der Waals surface area contributed by atoms with Crippen LogP contribution in [0.1, 0.15) is 28.9 Å². The van der Waals surface area contributed by atoms with Crippen molar-refractivity contribution < 1.29 is 14.1 Å². The minimum atomic E-state index is -0.653. The molecule has 3 heterocycles.